The minimum absolute atomic E-state index is 0.125. The highest BCUT2D eigenvalue weighted by Gasteiger charge is 2.21. The number of para-hydroxylation sites is 3. The first-order valence-corrected chi connectivity index (χ1v) is 7.33. The first-order valence-electron chi connectivity index (χ1n) is 7.33. The largest absolute Gasteiger partial charge is 0.455 e. The summed E-state index contributed by atoms with van der Waals surface area (Å²) in [5.74, 6) is 1.60. The Labute approximate surface area is 126 Å². The third kappa shape index (κ3) is 4.23. The van der Waals surface area contributed by atoms with E-state index >= 15 is 0 Å². The average Bonchev–Trinajstić information content (AvgIpc) is 2.55. The molecule has 0 radical (unpaired) electrons. The van der Waals surface area contributed by atoms with Crippen LogP contribution in [-0.4, -0.2) is 18.3 Å². The summed E-state index contributed by atoms with van der Waals surface area (Å²) in [6, 6.07) is 17.6. The zero-order valence-electron chi connectivity index (χ0n) is 12.7. The normalized spacial score (nSPS) is 13.5. The average molecular weight is 285 g/mol. The van der Waals surface area contributed by atoms with Crippen LogP contribution in [0.1, 0.15) is 20.3 Å². The van der Waals surface area contributed by atoms with Gasteiger partial charge in [-0.3, -0.25) is 0 Å². The molecule has 1 atom stereocenters. The SMILES string of the molecule is CCC(C)(CO)CNc1ccccc1Oc1ccccc1. The van der Waals surface area contributed by atoms with Crippen LogP contribution in [0.5, 0.6) is 11.5 Å². The summed E-state index contributed by atoms with van der Waals surface area (Å²) in [5.41, 5.74) is 0.814. The second-order valence-electron chi connectivity index (χ2n) is 5.59. The standard InChI is InChI=1S/C18H23NO2/c1-3-18(2,14-20)13-19-16-11-7-8-12-17(16)21-15-9-5-4-6-10-15/h4-12,19-20H,3,13-14H2,1-2H3. The zero-order chi connectivity index (χ0) is 15.1. The minimum atomic E-state index is -0.125. The fourth-order valence-electron chi connectivity index (χ4n) is 1.92. The molecule has 0 fully saturated rings. The molecule has 1 unspecified atom stereocenters. The molecule has 2 aromatic rings. The van der Waals surface area contributed by atoms with E-state index < -0.39 is 0 Å². The number of aliphatic hydroxyl groups is 1. The van der Waals surface area contributed by atoms with Crippen LogP contribution in [0.15, 0.2) is 54.6 Å². The van der Waals surface area contributed by atoms with Crippen LogP contribution >= 0.6 is 0 Å². The Balaban J connectivity index is 2.10. The van der Waals surface area contributed by atoms with Crippen LogP contribution in [0.3, 0.4) is 0 Å². The highest BCUT2D eigenvalue weighted by molar-refractivity contribution is 5.57. The molecular weight excluding hydrogens is 262 g/mol. The van der Waals surface area contributed by atoms with Gasteiger partial charge in [-0.25, -0.2) is 0 Å². The Morgan fingerprint density at radius 2 is 1.71 bits per heavy atom. The maximum absolute atomic E-state index is 9.50. The van der Waals surface area contributed by atoms with E-state index in [4.69, 9.17) is 4.74 Å². The molecule has 0 aliphatic rings. The van der Waals surface area contributed by atoms with Gasteiger partial charge in [-0.05, 0) is 30.7 Å². The zero-order valence-corrected chi connectivity index (χ0v) is 12.7. The molecule has 2 rings (SSSR count). The van der Waals surface area contributed by atoms with Gasteiger partial charge in [0.2, 0.25) is 0 Å². The van der Waals surface area contributed by atoms with Gasteiger partial charge in [-0.1, -0.05) is 44.2 Å². The van der Waals surface area contributed by atoms with Gasteiger partial charge in [0.05, 0.1) is 12.3 Å². The van der Waals surface area contributed by atoms with E-state index in [-0.39, 0.29) is 12.0 Å². The summed E-state index contributed by atoms with van der Waals surface area (Å²) in [7, 11) is 0. The van der Waals surface area contributed by atoms with Crippen molar-refractivity contribution >= 4 is 5.69 Å². The molecule has 2 N–H and O–H groups in total. The maximum atomic E-state index is 9.50. The van der Waals surface area contributed by atoms with Gasteiger partial charge in [-0.2, -0.15) is 0 Å². The van der Waals surface area contributed by atoms with E-state index in [1.54, 1.807) is 0 Å². The molecule has 0 bridgehead atoms. The highest BCUT2D eigenvalue weighted by Crippen LogP contribution is 2.30. The lowest BCUT2D eigenvalue weighted by molar-refractivity contribution is 0.149. The molecule has 0 heterocycles. The van der Waals surface area contributed by atoms with Gasteiger partial charge in [0, 0.05) is 12.0 Å². The number of anilines is 1. The van der Waals surface area contributed by atoms with Crippen LogP contribution < -0.4 is 10.1 Å². The number of nitrogens with one attached hydrogen (secondary N) is 1. The maximum Gasteiger partial charge on any atom is 0.150 e. The first kappa shape index (κ1) is 15.4. The van der Waals surface area contributed by atoms with Crippen molar-refractivity contribution in [2.45, 2.75) is 20.3 Å². The molecule has 0 aliphatic carbocycles. The molecule has 3 nitrogen and oxygen atoms in total. The van der Waals surface area contributed by atoms with Crippen molar-refractivity contribution < 1.29 is 9.84 Å². The smallest absolute Gasteiger partial charge is 0.150 e. The highest BCUT2D eigenvalue weighted by atomic mass is 16.5. The topological polar surface area (TPSA) is 41.5 Å². The minimum Gasteiger partial charge on any atom is -0.455 e. The van der Waals surface area contributed by atoms with Crippen molar-refractivity contribution in [1.29, 1.82) is 0 Å². The van der Waals surface area contributed by atoms with Crippen LogP contribution in [0.2, 0.25) is 0 Å². The summed E-state index contributed by atoms with van der Waals surface area (Å²) < 4.78 is 5.92. The van der Waals surface area contributed by atoms with Gasteiger partial charge in [0.1, 0.15) is 5.75 Å². The quantitative estimate of drug-likeness (QED) is 0.797. The third-order valence-corrected chi connectivity index (χ3v) is 3.80. The Morgan fingerprint density at radius 3 is 2.38 bits per heavy atom. The van der Waals surface area contributed by atoms with Crippen molar-refractivity contribution in [1.82, 2.24) is 0 Å². The van der Waals surface area contributed by atoms with E-state index in [0.29, 0.717) is 6.54 Å². The van der Waals surface area contributed by atoms with E-state index in [9.17, 15) is 5.11 Å². The number of rotatable bonds is 7. The second kappa shape index (κ2) is 7.14. The van der Waals surface area contributed by atoms with Crippen LogP contribution in [0, 0.1) is 5.41 Å². The molecule has 112 valence electrons. The van der Waals surface area contributed by atoms with Gasteiger partial charge < -0.3 is 15.2 Å². The molecule has 2 aromatic carbocycles. The lowest BCUT2D eigenvalue weighted by atomic mass is 9.88. The fourth-order valence-corrected chi connectivity index (χ4v) is 1.92. The monoisotopic (exact) mass is 285 g/mol. The lowest BCUT2D eigenvalue weighted by Gasteiger charge is -2.27. The predicted octanol–water partition coefficient (Wildman–Crippen LogP) is 4.30. The number of benzene rings is 2. The van der Waals surface area contributed by atoms with Crippen molar-refractivity contribution in [2.24, 2.45) is 5.41 Å². The molecule has 0 aliphatic heterocycles. The second-order valence-corrected chi connectivity index (χ2v) is 5.59. The third-order valence-electron chi connectivity index (χ3n) is 3.80. The number of ether oxygens (including phenoxy) is 1. The van der Waals surface area contributed by atoms with Crippen molar-refractivity contribution in [3.63, 3.8) is 0 Å². The van der Waals surface area contributed by atoms with Crippen molar-refractivity contribution in [2.75, 3.05) is 18.5 Å². The summed E-state index contributed by atoms with van der Waals surface area (Å²) >= 11 is 0. The Kier molecular flexibility index (Phi) is 5.23. The summed E-state index contributed by atoms with van der Waals surface area (Å²) in [5, 5.41) is 12.9. The van der Waals surface area contributed by atoms with Crippen LogP contribution in [0.25, 0.3) is 0 Å². The molecule has 0 aromatic heterocycles. The summed E-state index contributed by atoms with van der Waals surface area (Å²) in [6.45, 7) is 5.03. The summed E-state index contributed by atoms with van der Waals surface area (Å²) in [4.78, 5) is 0. The Bertz CT molecular complexity index is 550. The molecule has 0 spiro atoms. The van der Waals surface area contributed by atoms with E-state index in [1.807, 2.05) is 54.6 Å². The Morgan fingerprint density at radius 1 is 1.05 bits per heavy atom. The molecular formula is C18H23NO2. The summed E-state index contributed by atoms with van der Waals surface area (Å²) in [6.07, 6.45) is 0.915. The molecule has 3 heteroatoms. The number of hydrogen-bond acceptors (Lipinski definition) is 3. The van der Waals surface area contributed by atoms with Gasteiger partial charge in [-0.15, -0.1) is 0 Å². The van der Waals surface area contributed by atoms with Crippen molar-refractivity contribution in [3.8, 4) is 11.5 Å². The van der Waals surface area contributed by atoms with Crippen molar-refractivity contribution in [3.05, 3.63) is 54.6 Å². The van der Waals surface area contributed by atoms with Gasteiger partial charge in [0.15, 0.2) is 5.75 Å². The van der Waals surface area contributed by atoms with E-state index in [0.717, 1.165) is 23.6 Å². The molecule has 0 saturated heterocycles. The van der Waals surface area contributed by atoms with E-state index in [1.165, 1.54) is 0 Å². The number of aliphatic hydroxyl groups excluding tert-OH is 1. The first-order chi connectivity index (χ1) is 10.2. The molecule has 21 heavy (non-hydrogen) atoms. The number of hydrogen-bond donors (Lipinski definition) is 2. The predicted molar refractivity (Wildman–Crippen MR) is 86.9 cm³/mol. The molecule has 0 saturated carbocycles. The molecule has 0 amide bonds. The van der Waals surface area contributed by atoms with Gasteiger partial charge in [0.25, 0.3) is 0 Å². The fraction of sp³-hybridized carbons (Fsp3) is 0.333. The van der Waals surface area contributed by atoms with E-state index in [2.05, 4.69) is 19.2 Å². The van der Waals surface area contributed by atoms with Crippen LogP contribution in [-0.2, 0) is 0 Å². The van der Waals surface area contributed by atoms with Gasteiger partial charge >= 0.3 is 0 Å². The Hall–Kier alpha value is -2.00. The lowest BCUT2D eigenvalue weighted by Crippen LogP contribution is -2.29. The van der Waals surface area contributed by atoms with Crippen LogP contribution in [0.4, 0.5) is 5.69 Å².